The molecule has 5 heteroatoms. The monoisotopic (exact) mass is 295 g/mol. The number of carbonyl (C=O) groups excluding carboxylic acids is 1. The third-order valence-electron chi connectivity index (χ3n) is 4.35. The average molecular weight is 295 g/mol. The van der Waals surface area contributed by atoms with Crippen LogP contribution < -0.4 is 0 Å². The second kappa shape index (κ2) is 6.68. The Morgan fingerprint density at radius 3 is 2.70 bits per heavy atom. The van der Waals surface area contributed by atoms with E-state index in [4.69, 9.17) is 0 Å². The van der Waals surface area contributed by atoms with Crippen LogP contribution in [-0.2, 0) is 11.2 Å². The zero-order valence-electron chi connectivity index (χ0n) is 12.9. The van der Waals surface area contributed by atoms with Gasteiger partial charge in [-0.3, -0.25) is 9.69 Å². The van der Waals surface area contributed by atoms with Crippen molar-refractivity contribution in [2.45, 2.75) is 58.2 Å². The maximum absolute atomic E-state index is 12.5. The Bertz CT molecular complexity index is 424. The summed E-state index contributed by atoms with van der Waals surface area (Å²) in [5.41, 5.74) is 0. The predicted molar refractivity (Wildman–Crippen MR) is 82.9 cm³/mol. The van der Waals surface area contributed by atoms with Crippen LogP contribution >= 0.6 is 11.3 Å². The van der Waals surface area contributed by atoms with E-state index in [0.29, 0.717) is 12.1 Å². The van der Waals surface area contributed by atoms with Gasteiger partial charge in [0.2, 0.25) is 5.91 Å². The van der Waals surface area contributed by atoms with Gasteiger partial charge in [-0.25, -0.2) is 4.98 Å². The first-order valence-electron chi connectivity index (χ1n) is 7.41. The molecular formula is C15H25N3OS. The van der Waals surface area contributed by atoms with Crippen molar-refractivity contribution in [3.05, 3.63) is 16.6 Å². The van der Waals surface area contributed by atoms with Crippen LogP contribution in [0.4, 0.5) is 0 Å². The summed E-state index contributed by atoms with van der Waals surface area (Å²) in [5, 5.41) is 3.08. The lowest BCUT2D eigenvalue weighted by atomic mass is 10.2. The second-order valence-corrected chi connectivity index (χ2v) is 6.81. The summed E-state index contributed by atoms with van der Waals surface area (Å²) in [5.74, 6) is 0.224. The topological polar surface area (TPSA) is 36.4 Å². The van der Waals surface area contributed by atoms with E-state index in [9.17, 15) is 4.79 Å². The summed E-state index contributed by atoms with van der Waals surface area (Å²) >= 11 is 1.65. The SMILES string of the molecule is CC1CCC(C)N1C(C)C(=O)N(C)CCc1nccs1. The van der Waals surface area contributed by atoms with Crippen molar-refractivity contribution in [2.24, 2.45) is 0 Å². The molecule has 1 saturated heterocycles. The fourth-order valence-corrected chi connectivity index (χ4v) is 3.78. The number of likely N-dealkylation sites (tertiary alicyclic amines) is 1. The van der Waals surface area contributed by atoms with Crippen molar-refractivity contribution < 1.29 is 4.79 Å². The minimum atomic E-state index is -0.0243. The number of likely N-dealkylation sites (N-methyl/N-ethyl adjacent to an activating group) is 1. The number of hydrogen-bond donors (Lipinski definition) is 0. The molecule has 1 amide bonds. The Balaban J connectivity index is 1.89. The zero-order chi connectivity index (χ0) is 14.7. The first-order valence-corrected chi connectivity index (χ1v) is 8.29. The Morgan fingerprint density at radius 1 is 1.50 bits per heavy atom. The molecule has 0 N–H and O–H groups in total. The van der Waals surface area contributed by atoms with E-state index in [0.717, 1.165) is 18.0 Å². The van der Waals surface area contributed by atoms with E-state index in [1.54, 1.807) is 11.3 Å². The summed E-state index contributed by atoms with van der Waals surface area (Å²) in [7, 11) is 1.90. The lowest BCUT2D eigenvalue weighted by Crippen LogP contribution is -2.49. The van der Waals surface area contributed by atoms with E-state index in [-0.39, 0.29) is 11.9 Å². The highest BCUT2D eigenvalue weighted by molar-refractivity contribution is 7.09. The van der Waals surface area contributed by atoms with E-state index in [2.05, 4.69) is 23.7 Å². The fraction of sp³-hybridized carbons (Fsp3) is 0.733. The molecule has 3 atom stereocenters. The molecule has 1 aromatic heterocycles. The largest absolute Gasteiger partial charge is 0.344 e. The maximum Gasteiger partial charge on any atom is 0.239 e. The average Bonchev–Trinajstić information content (AvgIpc) is 3.05. The highest BCUT2D eigenvalue weighted by atomic mass is 32.1. The quantitative estimate of drug-likeness (QED) is 0.837. The van der Waals surface area contributed by atoms with Crippen LogP contribution in [0.2, 0.25) is 0 Å². The first-order chi connectivity index (χ1) is 9.50. The van der Waals surface area contributed by atoms with Gasteiger partial charge in [-0.1, -0.05) is 0 Å². The van der Waals surface area contributed by atoms with Crippen LogP contribution in [0.5, 0.6) is 0 Å². The van der Waals surface area contributed by atoms with Gasteiger partial charge in [0, 0.05) is 43.7 Å². The molecule has 112 valence electrons. The molecule has 0 aromatic carbocycles. The van der Waals surface area contributed by atoms with Crippen molar-refractivity contribution >= 4 is 17.2 Å². The number of carbonyl (C=O) groups is 1. The Labute approximate surface area is 125 Å². The van der Waals surface area contributed by atoms with E-state index < -0.39 is 0 Å². The lowest BCUT2D eigenvalue weighted by molar-refractivity contribution is -0.136. The van der Waals surface area contributed by atoms with Gasteiger partial charge < -0.3 is 4.90 Å². The second-order valence-electron chi connectivity index (χ2n) is 5.83. The van der Waals surface area contributed by atoms with Gasteiger partial charge in [-0.15, -0.1) is 11.3 Å². The van der Waals surface area contributed by atoms with Gasteiger partial charge in [0.05, 0.1) is 11.0 Å². The first kappa shape index (κ1) is 15.4. The van der Waals surface area contributed by atoms with Gasteiger partial charge in [0.15, 0.2) is 0 Å². The number of nitrogens with zero attached hydrogens (tertiary/aromatic N) is 3. The molecule has 0 radical (unpaired) electrons. The third-order valence-corrected chi connectivity index (χ3v) is 5.18. The molecule has 2 rings (SSSR count). The summed E-state index contributed by atoms with van der Waals surface area (Å²) in [6, 6.07) is 0.997. The van der Waals surface area contributed by atoms with Gasteiger partial charge in [0.25, 0.3) is 0 Å². The van der Waals surface area contributed by atoms with Crippen LogP contribution in [0.1, 0.15) is 38.6 Å². The highest BCUT2D eigenvalue weighted by Crippen LogP contribution is 2.26. The van der Waals surface area contributed by atoms with Crippen LogP contribution in [0.25, 0.3) is 0 Å². The van der Waals surface area contributed by atoms with Gasteiger partial charge >= 0.3 is 0 Å². The molecule has 0 saturated carbocycles. The Morgan fingerprint density at radius 2 is 2.15 bits per heavy atom. The summed E-state index contributed by atoms with van der Waals surface area (Å²) in [6.07, 6.45) is 5.05. The molecule has 2 heterocycles. The molecule has 3 unspecified atom stereocenters. The fourth-order valence-electron chi connectivity index (χ4n) is 3.17. The number of thiazole rings is 1. The Hall–Kier alpha value is -0.940. The maximum atomic E-state index is 12.5. The minimum Gasteiger partial charge on any atom is -0.344 e. The molecule has 1 aliphatic heterocycles. The van der Waals surface area contributed by atoms with Crippen molar-refractivity contribution in [1.82, 2.24) is 14.8 Å². The van der Waals surface area contributed by atoms with Crippen molar-refractivity contribution in [3.8, 4) is 0 Å². The standard InChI is InChI=1S/C15H25N3OS/c1-11-5-6-12(2)18(11)13(3)15(19)17(4)9-7-14-16-8-10-20-14/h8,10-13H,5-7,9H2,1-4H3. The normalized spacial score (nSPS) is 24.8. The molecule has 1 aliphatic rings. The van der Waals surface area contributed by atoms with Crippen LogP contribution in [0.3, 0.4) is 0 Å². The molecule has 0 spiro atoms. The lowest BCUT2D eigenvalue weighted by Gasteiger charge is -2.34. The van der Waals surface area contributed by atoms with Crippen LogP contribution in [-0.4, -0.2) is 52.4 Å². The smallest absolute Gasteiger partial charge is 0.239 e. The molecule has 0 bridgehead atoms. The van der Waals surface area contributed by atoms with E-state index in [1.807, 2.05) is 30.4 Å². The van der Waals surface area contributed by atoms with Gasteiger partial charge in [0.1, 0.15) is 0 Å². The van der Waals surface area contributed by atoms with E-state index in [1.165, 1.54) is 12.8 Å². The number of hydrogen-bond acceptors (Lipinski definition) is 4. The van der Waals surface area contributed by atoms with Crippen molar-refractivity contribution in [1.29, 1.82) is 0 Å². The summed E-state index contributed by atoms with van der Waals surface area (Å²) in [4.78, 5) is 21.0. The minimum absolute atomic E-state index is 0.0243. The summed E-state index contributed by atoms with van der Waals surface area (Å²) < 4.78 is 0. The molecule has 0 aliphatic carbocycles. The van der Waals surface area contributed by atoms with Crippen LogP contribution in [0, 0.1) is 0 Å². The van der Waals surface area contributed by atoms with Gasteiger partial charge in [-0.05, 0) is 33.6 Å². The number of rotatable bonds is 5. The zero-order valence-corrected chi connectivity index (χ0v) is 13.7. The van der Waals surface area contributed by atoms with Crippen molar-refractivity contribution in [2.75, 3.05) is 13.6 Å². The molecule has 20 heavy (non-hydrogen) atoms. The van der Waals surface area contributed by atoms with E-state index >= 15 is 0 Å². The van der Waals surface area contributed by atoms with Gasteiger partial charge in [-0.2, -0.15) is 0 Å². The van der Waals surface area contributed by atoms with Crippen molar-refractivity contribution in [3.63, 3.8) is 0 Å². The highest BCUT2D eigenvalue weighted by Gasteiger charge is 2.35. The molecule has 1 aromatic rings. The Kier molecular flexibility index (Phi) is 5.16. The molecule has 1 fully saturated rings. The molecular weight excluding hydrogens is 270 g/mol. The summed E-state index contributed by atoms with van der Waals surface area (Å²) in [6.45, 7) is 7.24. The molecule has 4 nitrogen and oxygen atoms in total. The third kappa shape index (κ3) is 3.38. The number of amides is 1. The predicted octanol–water partition coefficient (Wildman–Crippen LogP) is 2.41. The number of aromatic nitrogens is 1. The van der Waals surface area contributed by atoms with Crippen LogP contribution in [0.15, 0.2) is 11.6 Å².